The second-order valence-electron chi connectivity index (χ2n) is 11.6. The summed E-state index contributed by atoms with van der Waals surface area (Å²) in [6.45, 7) is 11.0. The molecule has 6 rings (SSSR count). The van der Waals surface area contributed by atoms with Gasteiger partial charge in [0.1, 0.15) is 17.4 Å². The summed E-state index contributed by atoms with van der Waals surface area (Å²) in [6, 6.07) is 19.1. The fourth-order valence-corrected chi connectivity index (χ4v) is 6.26. The van der Waals surface area contributed by atoms with Gasteiger partial charge in [0, 0.05) is 49.7 Å². The van der Waals surface area contributed by atoms with Gasteiger partial charge in [-0.15, -0.1) is 5.10 Å². The molecule has 0 saturated heterocycles. The van der Waals surface area contributed by atoms with Crippen molar-refractivity contribution in [2.75, 3.05) is 13.2 Å². The van der Waals surface area contributed by atoms with Crippen molar-refractivity contribution in [1.82, 2.24) is 24.9 Å². The number of benzene rings is 3. The van der Waals surface area contributed by atoms with E-state index in [9.17, 15) is 4.79 Å². The Hall–Kier alpha value is -4.30. The van der Waals surface area contributed by atoms with E-state index >= 15 is 0 Å². The third kappa shape index (κ3) is 5.84. The number of pyridine rings is 1. The molecule has 0 radical (unpaired) electrons. The summed E-state index contributed by atoms with van der Waals surface area (Å²) in [5.74, 6) is 0.574. The van der Waals surface area contributed by atoms with Crippen molar-refractivity contribution >= 4 is 27.9 Å². The minimum Gasteiger partial charge on any atom is -0.489 e. The molecular weight excluding hydrogens is 538 g/mol. The topological polar surface area (TPSA) is 82.4 Å². The number of ether oxygens (including phenoxy) is 2. The van der Waals surface area contributed by atoms with Crippen LogP contribution in [0.4, 0.5) is 0 Å². The highest BCUT2D eigenvalue weighted by atomic mass is 16.5. The van der Waals surface area contributed by atoms with Gasteiger partial charge in [0.25, 0.3) is 0 Å². The zero-order valence-corrected chi connectivity index (χ0v) is 25.6. The number of rotatable bonds is 8. The molecule has 43 heavy (non-hydrogen) atoms. The van der Waals surface area contributed by atoms with Gasteiger partial charge in [0.15, 0.2) is 0 Å². The molecular formula is C35H39N5O3. The Bertz CT molecular complexity index is 1800. The molecule has 0 amide bonds. The number of esters is 1. The van der Waals surface area contributed by atoms with Crippen molar-refractivity contribution in [2.45, 2.75) is 65.6 Å². The molecule has 0 aliphatic carbocycles. The average Bonchev–Trinajstić information content (AvgIpc) is 3.29. The molecule has 0 saturated carbocycles. The van der Waals surface area contributed by atoms with Gasteiger partial charge in [-0.1, -0.05) is 42.5 Å². The van der Waals surface area contributed by atoms with Crippen LogP contribution in [0.15, 0.2) is 60.8 Å². The van der Waals surface area contributed by atoms with Crippen LogP contribution >= 0.6 is 0 Å². The Labute approximate surface area is 252 Å². The Morgan fingerprint density at radius 3 is 2.79 bits per heavy atom. The lowest BCUT2D eigenvalue weighted by Crippen LogP contribution is -2.32. The van der Waals surface area contributed by atoms with Crippen LogP contribution in [0, 0.1) is 13.8 Å². The van der Waals surface area contributed by atoms with Crippen LogP contribution in [0.2, 0.25) is 0 Å². The Balaban J connectivity index is 1.35. The van der Waals surface area contributed by atoms with Gasteiger partial charge in [-0.2, -0.15) is 0 Å². The van der Waals surface area contributed by atoms with E-state index in [0.29, 0.717) is 6.61 Å². The molecule has 0 spiro atoms. The van der Waals surface area contributed by atoms with Crippen molar-refractivity contribution in [3.05, 3.63) is 94.2 Å². The first kappa shape index (κ1) is 28.8. The smallest absolute Gasteiger partial charge is 0.306 e. The highest BCUT2D eigenvalue weighted by Gasteiger charge is 2.26. The molecule has 0 fully saturated rings. The van der Waals surface area contributed by atoms with Crippen LogP contribution in [0.25, 0.3) is 21.9 Å². The lowest BCUT2D eigenvalue weighted by atomic mass is 9.84. The summed E-state index contributed by atoms with van der Waals surface area (Å²) < 4.78 is 13.7. The Kier molecular flexibility index (Phi) is 8.13. The van der Waals surface area contributed by atoms with E-state index in [0.717, 1.165) is 76.0 Å². The largest absolute Gasteiger partial charge is 0.489 e. The van der Waals surface area contributed by atoms with E-state index in [1.807, 2.05) is 32.3 Å². The molecule has 5 aromatic rings. The Morgan fingerprint density at radius 1 is 1.12 bits per heavy atom. The molecule has 8 heteroatoms. The van der Waals surface area contributed by atoms with E-state index in [2.05, 4.69) is 83.4 Å². The van der Waals surface area contributed by atoms with Gasteiger partial charge in [0.05, 0.1) is 24.1 Å². The number of hydrogen-bond donors (Lipinski definition) is 0. The summed E-state index contributed by atoms with van der Waals surface area (Å²) in [5.41, 5.74) is 9.62. The van der Waals surface area contributed by atoms with Gasteiger partial charge >= 0.3 is 5.97 Å². The molecule has 222 valence electrons. The number of aromatic nitrogens is 4. The number of nitrogens with zero attached hydrogens (tertiary/aromatic N) is 5. The second-order valence-corrected chi connectivity index (χ2v) is 11.6. The van der Waals surface area contributed by atoms with E-state index in [1.165, 1.54) is 11.1 Å². The van der Waals surface area contributed by atoms with E-state index in [-0.39, 0.29) is 24.4 Å². The standard InChI is InChI=1S/C35H39N5O3/c1-6-28-21-40(20-27-16-31-25(9-8-14-36-31)17-33(27)43-28)19-26-15-24(11-10-22(26)3)30(18-34(41)42-7-2)29-12-13-32-35(23(29)4)37-38-39(32)5/h8-17,28,30H,6-7,18-21H2,1-5H3/t28-,30?/m1/s1. The number of fused-ring (bicyclic) bond motifs is 3. The van der Waals surface area contributed by atoms with E-state index < -0.39 is 0 Å². The normalized spacial score (nSPS) is 16.1. The third-order valence-electron chi connectivity index (χ3n) is 8.69. The molecule has 1 unspecified atom stereocenters. The number of carbonyl (C=O) groups excluding carboxylic acids is 1. The first-order valence-electron chi connectivity index (χ1n) is 15.1. The molecule has 2 aromatic heterocycles. The van der Waals surface area contributed by atoms with Gasteiger partial charge in [-0.25, -0.2) is 4.68 Å². The van der Waals surface area contributed by atoms with Crippen molar-refractivity contribution in [3.8, 4) is 5.75 Å². The first-order chi connectivity index (χ1) is 20.8. The number of carbonyl (C=O) groups is 1. The highest BCUT2D eigenvalue weighted by Crippen LogP contribution is 2.36. The minimum absolute atomic E-state index is 0.0942. The summed E-state index contributed by atoms with van der Waals surface area (Å²) in [5, 5.41) is 9.73. The van der Waals surface area contributed by atoms with Crippen LogP contribution in [0.3, 0.4) is 0 Å². The molecule has 3 heterocycles. The molecule has 1 aliphatic heterocycles. The highest BCUT2D eigenvalue weighted by molar-refractivity contribution is 5.82. The van der Waals surface area contributed by atoms with Crippen molar-refractivity contribution in [3.63, 3.8) is 0 Å². The molecule has 2 atom stereocenters. The minimum atomic E-state index is -0.207. The Morgan fingerprint density at radius 2 is 1.98 bits per heavy atom. The fourth-order valence-electron chi connectivity index (χ4n) is 6.26. The van der Waals surface area contributed by atoms with Crippen molar-refractivity contribution in [1.29, 1.82) is 0 Å². The average molecular weight is 578 g/mol. The van der Waals surface area contributed by atoms with Gasteiger partial charge in [-0.05, 0) is 79.3 Å². The molecule has 1 aliphatic rings. The maximum absolute atomic E-state index is 12.9. The summed E-state index contributed by atoms with van der Waals surface area (Å²) in [7, 11) is 1.89. The molecule has 3 aromatic carbocycles. The fraction of sp³-hybridized carbons (Fsp3) is 0.371. The van der Waals surface area contributed by atoms with Crippen LogP contribution < -0.4 is 4.74 Å². The van der Waals surface area contributed by atoms with Crippen LogP contribution in [0.5, 0.6) is 5.75 Å². The molecule has 0 N–H and O–H groups in total. The van der Waals surface area contributed by atoms with Crippen LogP contribution in [-0.4, -0.2) is 50.1 Å². The van der Waals surface area contributed by atoms with Crippen molar-refractivity contribution < 1.29 is 14.3 Å². The van der Waals surface area contributed by atoms with Crippen molar-refractivity contribution in [2.24, 2.45) is 7.05 Å². The van der Waals surface area contributed by atoms with Gasteiger partial charge < -0.3 is 9.47 Å². The predicted octanol–water partition coefficient (Wildman–Crippen LogP) is 6.39. The lowest BCUT2D eigenvalue weighted by molar-refractivity contribution is -0.143. The summed E-state index contributed by atoms with van der Waals surface area (Å²) >= 11 is 0. The monoisotopic (exact) mass is 577 g/mol. The molecule has 0 bridgehead atoms. The van der Waals surface area contributed by atoms with E-state index in [4.69, 9.17) is 9.47 Å². The summed E-state index contributed by atoms with van der Waals surface area (Å²) in [6.07, 6.45) is 3.11. The van der Waals surface area contributed by atoms with Crippen LogP contribution in [0.1, 0.15) is 66.0 Å². The maximum atomic E-state index is 12.9. The van der Waals surface area contributed by atoms with E-state index in [1.54, 1.807) is 4.68 Å². The predicted molar refractivity (Wildman–Crippen MR) is 168 cm³/mol. The number of aryl methyl sites for hydroxylation is 3. The van der Waals surface area contributed by atoms with Gasteiger partial charge in [-0.3, -0.25) is 14.7 Å². The number of hydrogen-bond acceptors (Lipinski definition) is 7. The van der Waals surface area contributed by atoms with Crippen LogP contribution in [-0.2, 0) is 29.7 Å². The maximum Gasteiger partial charge on any atom is 0.306 e. The van der Waals surface area contributed by atoms with Gasteiger partial charge in [0.2, 0.25) is 0 Å². The second kappa shape index (κ2) is 12.1. The summed E-state index contributed by atoms with van der Waals surface area (Å²) in [4.78, 5) is 19.9. The SMILES string of the molecule is CCOC(=O)CC(c1ccc(C)c(CN2Cc3cc4ncccc4cc3O[C@H](CC)C2)c1)c1ccc2c(nnn2C)c1C. The zero-order valence-electron chi connectivity index (χ0n) is 25.6. The quantitative estimate of drug-likeness (QED) is 0.198. The zero-order chi connectivity index (χ0) is 30.1. The lowest BCUT2D eigenvalue weighted by Gasteiger charge is -2.25. The first-order valence-corrected chi connectivity index (χ1v) is 15.1. The molecule has 8 nitrogen and oxygen atoms in total. The third-order valence-corrected chi connectivity index (χ3v) is 8.69.